The smallest absolute Gasteiger partial charge is 0.214 e. The molecule has 0 aliphatic heterocycles. The van der Waals surface area contributed by atoms with Crippen LogP contribution >= 0.6 is 11.6 Å². The summed E-state index contributed by atoms with van der Waals surface area (Å²) in [5.41, 5.74) is 0. The molecular weight excluding hydrogens is 186 g/mol. The topological polar surface area (TPSA) is 46.2 Å². The van der Waals surface area contributed by atoms with Crippen LogP contribution < -0.4 is 4.72 Å². The second-order valence-corrected chi connectivity index (χ2v) is 4.08. The van der Waals surface area contributed by atoms with E-state index in [1.54, 1.807) is 6.92 Å². The Bertz CT molecular complexity index is 279. The molecule has 0 aromatic rings. The van der Waals surface area contributed by atoms with E-state index in [-0.39, 0.29) is 9.94 Å². The zero-order valence-electron chi connectivity index (χ0n) is 6.39. The van der Waals surface area contributed by atoms with Crippen LogP contribution in [0, 0.1) is 0 Å². The summed E-state index contributed by atoms with van der Waals surface area (Å²) in [7, 11) is -2.15. The second-order valence-electron chi connectivity index (χ2n) is 1.77. The van der Waals surface area contributed by atoms with Gasteiger partial charge in [0, 0.05) is 0 Å². The molecule has 0 atom stereocenters. The molecule has 64 valence electrons. The van der Waals surface area contributed by atoms with Crippen LogP contribution in [0.15, 0.2) is 22.6 Å². The fraction of sp³-hybridized carbons (Fsp3) is 0.333. The standard InChI is InChI=1S/C6H10ClNO2S/c1-4-6(7)5(2)11(9,10)8-3/h4,8H,2H2,1,3H3/b6-4+. The SMILES string of the molecule is C=C(/C(Cl)=C\C)S(=O)(=O)NC. The van der Waals surface area contributed by atoms with Gasteiger partial charge in [0.15, 0.2) is 0 Å². The highest BCUT2D eigenvalue weighted by atomic mass is 35.5. The van der Waals surface area contributed by atoms with Gasteiger partial charge in [0.25, 0.3) is 0 Å². The quantitative estimate of drug-likeness (QED) is 0.688. The van der Waals surface area contributed by atoms with Crippen molar-refractivity contribution < 1.29 is 8.42 Å². The number of sulfonamides is 1. The minimum Gasteiger partial charge on any atom is -0.214 e. The van der Waals surface area contributed by atoms with Crippen LogP contribution in [-0.4, -0.2) is 15.5 Å². The zero-order valence-corrected chi connectivity index (χ0v) is 7.96. The summed E-state index contributed by atoms with van der Waals surface area (Å²) in [6.45, 7) is 4.95. The van der Waals surface area contributed by atoms with Crippen LogP contribution in [0.3, 0.4) is 0 Å². The number of hydrogen-bond donors (Lipinski definition) is 1. The van der Waals surface area contributed by atoms with E-state index in [1.165, 1.54) is 13.1 Å². The lowest BCUT2D eigenvalue weighted by Crippen LogP contribution is -2.19. The molecule has 11 heavy (non-hydrogen) atoms. The van der Waals surface area contributed by atoms with E-state index in [1.807, 2.05) is 0 Å². The van der Waals surface area contributed by atoms with E-state index in [4.69, 9.17) is 11.6 Å². The van der Waals surface area contributed by atoms with Crippen LogP contribution in [0.1, 0.15) is 6.92 Å². The molecule has 0 fully saturated rings. The van der Waals surface area contributed by atoms with Gasteiger partial charge >= 0.3 is 0 Å². The predicted octanol–water partition coefficient (Wildman–Crippen LogP) is 1.19. The average molecular weight is 196 g/mol. The molecule has 3 nitrogen and oxygen atoms in total. The Hall–Kier alpha value is -0.320. The molecule has 0 aliphatic carbocycles. The molecule has 0 amide bonds. The molecule has 0 radical (unpaired) electrons. The predicted molar refractivity (Wildman–Crippen MR) is 46.7 cm³/mol. The number of allylic oxidation sites excluding steroid dienone is 2. The molecule has 0 unspecified atom stereocenters. The maximum atomic E-state index is 11.0. The Morgan fingerprint density at radius 3 is 2.36 bits per heavy atom. The van der Waals surface area contributed by atoms with Crippen molar-refractivity contribution in [3.05, 3.63) is 22.6 Å². The van der Waals surface area contributed by atoms with Crippen LogP contribution in [0.2, 0.25) is 0 Å². The number of halogens is 1. The molecule has 0 spiro atoms. The first-order valence-corrected chi connectivity index (χ1v) is 4.76. The first-order valence-electron chi connectivity index (χ1n) is 2.90. The van der Waals surface area contributed by atoms with Gasteiger partial charge in [-0.25, -0.2) is 13.1 Å². The molecule has 0 aromatic heterocycles. The van der Waals surface area contributed by atoms with Gasteiger partial charge in [-0.15, -0.1) is 0 Å². The van der Waals surface area contributed by atoms with E-state index in [0.29, 0.717) is 0 Å². The molecule has 0 rings (SSSR count). The molecule has 0 aliphatic rings. The Morgan fingerprint density at radius 2 is 2.09 bits per heavy atom. The van der Waals surface area contributed by atoms with Crippen molar-refractivity contribution in [2.75, 3.05) is 7.05 Å². The summed E-state index contributed by atoms with van der Waals surface area (Å²) in [5.74, 6) is 0. The van der Waals surface area contributed by atoms with Crippen LogP contribution in [0.25, 0.3) is 0 Å². The van der Waals surface area contributed by atoms with Crippen molar-refractivity contribution >= 4 is 21.6 Å². The lowest BCUT2D eigenvalue weighted by Gasteiger charge is -2.02. The Morgan fingerprint density at radius 1 is 1.64 bits per heavy atom. The molecule has 0 heterocycles. The number of rotatable bonds is 3. The molecule has 5 heteroatoms. The third kappa shape index (κ3) is 2.65. The van der Waals surface area contributed by atoms with Gasteiger partial charge in [-0.2, -0.15) is 0 Å². The van der Waals surface area contributed by atoms with E-state index < -0.39 is 10.0 Å². The van der Waals surface area contributed by atoms with Crippen LogP contribution in [0.4, 0.5) is 0 Å². The minimum absolute atomic E-state index is 0.107. The van der Waals surface area contributed by atoms with Crippen LogP contribution in [-0.2, 0) is 10.0 Å². The number of nitrogens with one attached hydrogen (secondary N) is 1. The lowest BCUT2D eigenvalue weighted by atomic mass is 10.5. The summed E-state index contributed by atoms with van der Waals surface area (Å²) in [4.78, 5) is -0.107. The van der Waals surface area contributed by atoms with Gasteiger partial charge in [0.2, 0.25) is 10.0 Å². The van der Waals surface area contributed by atoms with Crippen molar-refractivity contribution in [2.45, 2.75) is 6.92 Å². The van der Waals surface area contributed by atoms with Crippen molar-refractivity contribution in [3.8, 4) is 0 Å². The van der Waals surface area contributed by atoms with Crippen LogP contribution in [0.5, 0.6) is 0 Å². The molecule has 1 N–H and O–H groups in total. The summed E-state index contributed by atoms with van der Waals surface area (Å²) in [6, 6.07) is 0. The highest BCUT2D eigenvalue weighted by molar-refractivity contribution is 7.93. The van der Waals surface area contributed by atoms with Gasteiger partial charge in [0.1, 0.15) is 0 Å². The largest absolute Gasteiger partial charge is 0.241 e. The Labute approximate surface area is 71.8 Å². The summed E-state index contributed by atoms with van der Waals surface area (Å²) in [5, 5.41) is 0.138. The van der Waals surface area contributed by atoms with E-state index in [0.717, 1.165) is 0 Å². The normalized spacial score (nSPS) is 13.2. The van der Waals surface area contributed by atoms with Gasteiger partial charge in [-0.3, -0.25) is 0 Å². The first kappa shape index (κ1) is 10.7. The van der Waals surface area contributed by atoms with E-state index in [2.05, 4.69) is 11.3 Å². The van der Waals surface area contributed by atoms with Crippen molar-refractivity contribution in [1.29, 1.82) is 0 Å². The van der Waals surface area contributed by atoms with Crippen molar-refractivity contribution in [3.63, 3.8) is 0 Å². The molecule has 0 aromatic carbocycles. The van der Waals surface area contributed by atoms with Gasteiger partial charge < -0.3 is 0 Å². The second kappa shape index (κ2) is 3.90. The van der Waals surface area contributed by atoms with Gasteiger partial charge in [-0.05, 0) is 14.0 Å². The van der Waals surface area contributed by atoms with Gasteiger partial charge in [-0.1, -0.05) is 24.3 Å². The maximum absolute atomic E-state index is 11.0. The summed E-state index contributed by atoms with van der Waals surface area (Å²) >= 11 is 5.52. The molecular formula is C6H10ClNO2S. The monoisotopic (exact) mass is 195 g/mol. The average Bonchev–Trinajstić information content (AvgIpc) is 2.01. The Balaban J connectivity index is 4.80. The highest BCUT2D eigenvalue weighted by Gasteiger charge is 2.14. The van der Waals surface area contributed by atoms with E-state index in [9.17, 15) is 8.42 Å². The molecule has 0 saturated carbocycles. The molecule has 0 saturated heterocycles. The van der Waals surface area contributed by atoms with Crippen molar-refractivity contribution in [1.82, 2.24) is 4.72 Å². The number of hydrogen-bond acceptors (Lipinski definition) is 2. The van der Waals surface area contributed by atoms with E-state index >= 15 is 0 Å². The third-order valence-corrected chi connectivity index (χ3v) is 3.08. The zero-order chi connectivity index (χ0) is 9.07. The first-order chi connectivity index (χ1) is 4.95. The third-order valence-electron chi connectivity index (χ3n) is 1.11. The summed E-state index contributed by atoms with van der Waals surface area (Å²) in [6.07, 6.45) is 1.47. The minimum atomic E-state index is -3.45. The fourth-order valence-electron chi connectivity index (χ4n) is 0.413. The maximum Gasteiger partial charge on any atom is 0.241 e. The summed E-state index contributed by atoms with van der Waals surface area (Å²) < 4.78 is 24.0. The Kier molecular flexibility index (Phi) is 3.78. The fourth-order valence-corrected chi connectivity index (χ4v) is 1.34. The van der Waals surface area contributed by atoms with Gasteiger partial charge in [0.05, 0.1) is 9.94 Å². The molecule has 0 bridgehead atoms. The lowest BCUT2D eigenvalue weighted by molar-refractivity contribution is 0.595. The van der Waals surface area contributed by atoms with Crippen molar-refractivity contribution in [2.24, 2.45) is 0 Å². The highest BCUT2D eigenvalue weighted by Crippen LogP contribution is 2.16.